The molecule has 9 aromatic carbocycles. The molecule has 0 N–H and O–H groups in total. The van der Waals surface area contributed by atoms with Gasteiger partial charge in [-0.15, -0.1) is 0 Å². The minimum Gasteiger partial charge on any atom is -0.310 e. The molecule has 10 rings (SSSR count). The van der Waals surface area contributed by atoms with Crippen LogP contribution in [-0.2, 0) is 5.41 Å². The highest BCUT2D eigenvalue weighted by Crippen LogP contribution is 2.53. The molecule has 0 aliphatic heterocycles. The Labute approximate surface area is 329 Å². The van der Waals surface area contributed by atoms with Crippen LogP contribution in [0.4, 0.5) is 17.1 Å². The Kier molecular flexibility index (Phi) is 8.23. The molecule has 0 heterocycles. The van der Waals surface area contributed by atoms with Crippen molar-refractivity contribution in [3.05, 3.63) is 223 Å². The van der Waals surface area contributed by atoms with Crippen molar-refractivity contribution in [2.45, 2.75) is 19.3 Å². The van der Waals surface area contributed by atoms with Gasteiger partial charge in [0.05, 0.1) is 0 Å². The van der Waals surface area contributed by atoms with Crippen LogP contribution in [0.25, 0.3) is 66.4 Å². The first kappa shape index (κ1) is 33.6. The van der Waals surface area contributed by atoms with Crippen molar-refractivity contribution < 1.29 is 0 Å². The highest BCUT2D eigenvalue weighted by Gasteiger charge is 2.37. The molecule has 0 aromatic heterocycles. The largest absolute Gasteiger partial charge is 0.310 e. The van der Waals surface area contributed by atoms with Gasteiger partial charge < -0.3 is 4.90 Å². The maximum Gasteiger partial charge on any atom is 0.0467 e. The molecule has 0 atom stereocenters. The van der Waals surface area contributed by atoms with E-state index in [1.165, 1.54) is 77.5 Å². The quantitative estimate of drug-likeness (QED) is 0.159. The van der Waals surface area contributed by atoms with Crippen molar-refractivity contribution in [1.82, 2.24) is 0 Å². The van der Waals surface area contributed by atoms with E-state index in [0.717, 1.165) is 17.1 Å². The van der Waals surface area contributed by atoms with E-state index in [0.29, 0.717) is 0 Å². The summed E-state index contributed by atoms with van der Waals surface area (Å²) in [5, 5.41) is 2.49. The number of nitrogens with zero attached hydrogens (tertiary/aromatic N) is 1. The third kappa shape index (κ3) is 5.81. The molecule has 1 nitrogen and oxygen atoms in total. The molecule has 1 aliphatic rings. The lowest BCUT2D eigenvalue weighted by Crippen LogP contribution is -2.16. The second-order valence-corrected chi connectivity index (χ2v) is 15.4. The summed E-state index contributed by atoms with van der Waals surface area (Å²) in [5.41, 5.74) is 18.4. The monoisotopic (exact) mass is 715 g/mol. The van der Waals surface area contributed by atoms with Crippen molar-refractivity contribution in [2.75, 3.05) is 4.90 Å². The molecule has 0 radical (unpaired) electrons. The normalized spacial score (nSPS) is 12.6. The van der Waals surface area contributed by atoms with Crippen LogP contribution in [0.3, 0.4) is 0 Å². The minimum absolute atomic E-state index is 0.172. The minimum atomic E-state index is -0.172. The lowest BCUT2D eigenvalue weighted by Gasteiger charge is -2.28. The molecule has 56 heavy (non-hydrogen) atoms. The first-order valence-electron chi connectivity index (χ1n) is 19.5. The number of hydrogen-bond donors (Lipinski definition) is 0. The van der Waals surface area contributed by atoms with Crippen LogP contribution in [0.1, 0.15) is 25.0 Å². The Hall–Kier alpha value is -6.96. The van der Waals surface area contributed by atoms with Gasteiger partial charge in [-0.1, -0.05) is 178 Å². The van der Waals surface area contributed by atoms with Crippen LogP contribution < -0.4 is 4.90 Å². The fourth-order valence-corrected chi connectivity index (χ4v) is 8.81. The van der Waals surface area contributed by atoms with E-state index in [1.807, 2.05) is 0 Å². The van der Waals surface area contributed by atoms with Gasteiger partial charge in [0.1, 0.15) is 0 Å². The molecule has 0 unspecified atom stereocenters. The van der Waals surface area contributed by atoms with Crippen molar-refractivity contribution >= 4 is 27.8 Å². The summed E-state index contributed by atoms with van der Waals surface area (Å²) in [6.45, 7) is 4.75. The molecule has 0 saturated carbocycles. The fraction of sp³-hybridized carbons (Fsp3) is 0.0545. The predicted octanol–water partition coefficient (Wildman–Crippen LogP) is 15.3. The van der Waals surface area contributed by atoms with Crippen LogP contribution in [0.15, 0.2) is 212 Å². The van der Waals surface area contributed by atoms with Gasteiger partial charge >= 0.3 is 0 Å². The first-order valence-corrected chi connectivity index (χ1v) is 19.5. The first-order chi connectivity index (χ1) is 27.5. The van der Waals surface area contributed by atoms with E-state index in [9.17, 15) is 0 Å². The van der Waals surface area contributed by atoms with E-state index in [4.69, 9.17) is 0 Å². The summed E-state index contributed by atoms with van der Waals surface area (Å²) in [6, 6.07) is 77.6. The zero-order chi connectivity index (χ0) is 37.6. The average Bonchev–Trinajstić information content (AvgIpc) is 3.50. The van der Waals surface area contributed by atoms with E-state index in [2.05, 4.69) is 231 Å². The van der Waals surface area contributed by atoms with Gasteiger partial charge in [0.2, 0.25) is 0 Å². The smallest absolute Gasteiger partial charge is 0.0467 e. The average molecular weight is 716 g/mol. The van der Waals surface area contributed by atoms with Crippen molar-refractivity contribution in [1.29, 1.82) is 0 Å². The maximum atomic E-state index is 2.44. The zero-order valence-corrected chi connectivity index (χ0v) is 31.7. The highest BCUT2D eigenvalue weighted by molar-refractivity contribution is 6.00. The number of anilines is 3. The molecule has 0 amide bonds. The third-order valence-electron chi connectivity index (χ3n) is 11.6. The molecule has 0 bridgehead atoms. The number of fused-ring (bicyclic) bond motifs is 4. The maximum absolute atomic E-state index is 2.44. The van der Waals surface area contributed by atoms with E-state index in [1.54, 1.807) is 0 Å². The van der Waals surface area contributed by atoms with Crippen LogP contribution in [0.2, 0.25) is 0 Å². The Balaban J connectivity index is 1.13. The summed E-state index contributed by atoms with van der Waals surface area (Å²) < 4.78 is 0. The number of benzene rings is 9. The van der Waals surface area contributed by atoms with Crippen molar-refractivity contribution in [3.63, 3.8) is 0 Å². The SMILES string of the molecule is CC1(C)c2cc(N(c3ccc(-c4ccccc4)cc3)c3cccc(-c4cc(-c5ccccc5)c5ccccc5c4)c3)ccc2-c2c(-c3ccccc3)cccc21. The molecular formula is C55H41N. The Morgan fingerprint density at radius 1 is 0.321 bits per heavy atom. The standard InChI is InChI=1S/C55H41N/c1-55(2)52-27-15-26-49(40-18-8-4-9-19-40)54(52)50-33-32-47(37-53(50)55)56(45-30-28-39(29-31-45)38-16-6-3-7-17-38)46-24-14-23-42(35-46)44-34-43-22-12-13-25-48(43)51(36-44)41-20-10-5-11-21-41/h3-37H,1-2H3. The molecule has 1 aliphatic carbocycles. The molecule has 0 spiro atoms. The fourth-order valence-electron chi connectivity index (χ4n) is 8.81. The summed E-state index contributed by atoms with van der Waals surface area (Å²) >= 11 is 0. The summed E-state index contributed by atoms with van der Waals surface area (Å²) in [7, 11) is 0. The van der Waals surface area contributed by atoms with Gasteiger partial charge in [0.25, 0.3) is 0 Å². The van der Waals surface area contributed by atoms with Crippen molar-refractivity contribution in [3.8, 4) is 55.6 Å². The van der Waals surface area contributed by atoms with E-state index in [-0.39, 0.29) is 5.41 Å². The Bertz CT molecular complexity index is 2850. The van der Waals surface area contributed by atoms with E-state index >= 15 is 0 Å². The second kappa shape index (κ2) is 13.7. The lowest BCUT2D eigenvalue weighted by molar-refractivity contribution is 0.660. The predicted molar refractivity (Wildman–Crippen MR) is 238 cm³/mol. The van der Waals surface area contributed by atoms with Crippen LogP contribution >= 0.6 is 0 Å². The van der Waals surface area contributed by atoms with Gasteiger partial charge in [-0.2, -0.15) is 0 Å². The topological polar surface area (TPSA) is 3.24 Å². The number of rotatable bonds is 7. The van der Waals surface area contributed by atoms with E-state index < -0.39 is 0 Å². The summed E-state index contributed by atoms with van der Waals surface area (Å²) in [5.74, 6) is 0. The molecule has 0 saturated heterocycles. The van der Waals surface area contributed by atoms with Gasteiger partial charge in [-0.25, -0.2) is 0 Å². The number of hydrogen-bond acceptors (Lipinski definition) is 1. The van der Waals surface area contributed by atoms with Gasteiger partial charge in [-0.05, 0) is 126 Å². The Morgan fingerprint density at radius 3 is 1.62 bits per heavy atom. The second-order valence-electron chi connectivity index (χ2n) is 15.4. The van der Waals surface area contributed by atoms with Crippen molar-refractivity contribution in [2.24, 2.45) is 0 Å². The van der Waals surface area contributed by atoms with Crippen LogP contribution in [-0.4, -0.2) is 0 Å². The summed E-state index contributed by atoms with van der Waals surface area (Å²) in [4.78, 5) is 2.43. The summed E-state index contributed by atoms with van der Waals surface area (Å²) in [6.07, 6.45) is 0. The highest BCUT2D eigenvalue weighted by atomic mass is 15.1. The van der Waals surface area contributed by atoms with Crippen LogP contribution in [0.5, 0.6) is 0 Å². The molecule has 0 fully saturated rings. The molecule has 1 heteroatoms. The lowest BCUT2D eigenvalue weighted by atomic mass is 9.81. The molecular weight excluding hydrogens is 675 g/mol. The van der Waals surface area contributed by atoms with Gasteiger partial charge in [0, 0.05) is 22.5 Å². The zero-order valence-electron chi connectivity index (χ0n) is 31.7. The third-order valence-corrected chi connectivity index (χ3v) is 11.6. The van der Waals surface area contributed by atoms with Crippen LogP contribution in [0, 0.1) is 0 Å². The molecule has 9 aromatic rings. The van der Waals surface area contributed by atoms with Gasteiger partial charge in [0.15, 0.2) is 0 Å². The Morgan fingerprint density at radius 2 is 0.893 bits per heavy atom. The molecule has 266 valence electrons. The van der Waals surface area contributed by atoms with Gasteiger partial charge in [-0.3, -0.25) is 0 Å².